The standard InChI is InChI=1S/C22H21NO/c1-16-8-9-17(2)21(14-16)23-22(24)15-18-10-12-20(13-11-18)19-6-4-3-5-7-19/h3-14H,15H2,1-2H3,(H,23,24). The molecule has 0 saturated heterocycles. The van der Waals surface area contributed by atoms with E-state index in [4.69, 9.17) is 0 Å². The Labute approximate surface area is 143 Å². The lowest BCUT2D eigenvalue weighted by Gasteiger charge is -2.10. The number of amides is 1. The average molecular weight is 315 g/mol. The van der Waals surface area contributed by atoms with E-state index in [-0.39, 0.29) is 5.91 Å². The fourth-order valence-electron chi connectivity index (χ4n) is 2.70. The summed E-state index contributed by atoms with van der Waals surface area (Å²) in [6.45, 7) is 4.03. The van der Waals surface area contributed by atoms with Crippen LogP contribution in [0.4, 0.5) is 5.69 Å². The van der Waals surface area contributed by atoms with Gasteiger partial charge in [-0.2, -0.15) is 0 Å². The smallest absolute Gasteiger partial charge is 0.228 e. The van der Waals surface area contributed by atoms with Crippen molar-refractivity contribution in [3.63, 3.8) is 0 Å². The highest BCUT2D eigenvalue weighted by molar-refractivity contribution is 5.93. The molecule has 120 valence electrons. The zero-order valence-corrected chi connectivity index (χ0v) is 14.0. The number of hydrogen-bond donors (Lipinski definition) is 1. The first-order valence-electron chi connectivity index (χ1n) is 8.13. The second kappa shape index (κ2) is 7.14. The Morgan fingerprint density at radius 1 is 0.833 bits per heavy atom. The van der Waals surface area contributed by atoms with Crippen LogP contribution in [0.3, 0.4) is 0 Å². The zero-order valence-electron chi connectivity index (χ0n) is 14.0. The predicted molar refractivity (Wildman–Crippen MR) is 100 cm³/mol. The molecule has 0 fully saturated rings. The molecule has 0 spiro atoms. The summed E-state index contributed by atoms with van der Waals surface area (Å²) in [7, 11) is 0. The molecule has 2 nitrogen and oxygen atoms in total. The summed E-state index contributed by atoms with van der Waals surface area (Å²) in [6, 6.07) is 24.5. The molecule has 0 heterocycles. The number of carbonyl (C=O) groups excluding carboxylic acids is 1. The fourth-order valence-corrected chi connectivity index (χ4v) is 2.70. The van der Waals surface area contributed by atoms with Crippen LogP contribution < -0.4 is 5.32 Å². The summed E-state index contributed by atoms with van der Waals surface area (Å²) in [5.74, 6) is 0.0103. The van der Waals surface area contributed by atoms with Crippen LogP contribution in [0.2, 0.25) is 0 Å². The maximum absolute atomic E-state index is 12.3. The topological polar surface area (TPSA) is 29.1 Å². The van der Waals surface area contributed by atoms with E-state index in [9.17, 15) is 4.79 Å². The third kappa shape index (κ3) is 3.90. The Morgan fingerprint density at radius 3 is 2.21 bits per heavy atom. The summed E-state index contributed by atoms with van der Waals surface area (Å²) in [5.41, 5.74) is 6.47. The molecule has 3 aromatic rings. The molecule has 1 N–H and O–H groups in total. The van der Waals surface area contributed by atoms with Gasteiger partial charge < -0.3 is 5.32 Å². The zero-order chi connectivity index (χ0) is 16.9. The number of nitrogens with one attached hydrogen (secondary N) is 1. The van der Waals surface area contributed by atoms with E-state index >= 15 is 0 Å². The van der Waals surface area contributed by atoms with Crippen LogP contribution in [-0.2, 0) is 11.2 Å². The second-order valence-electron chi connectivity index (χ2n) is 6.11. The van der Waals surface area contributed by atoms with E-state index in [2.05, 4.69) is 29.6 Å². The molecule has 0 radical (unpaired) electrons. The first-order valence-corrected chi connectivity index (χ1v) is 8.13. The van der Waals surface area contributed by atoms with Crippen molar-refractivity contribution in [1.82, 2.24) is 0 Å². The summed E-state index contributed by atoms with van der Waals surface area (Å²) in [6.07, 6.45) is 0.377. The normalized spacial score (nSPS) is 10.4. The number of hydrogen-bond acceptors (Lipinski definition) is 1. The lowest BCUT2D eigenvalue weighted by molar-refractivity contribution is -0.115. The molecule has 0 aromatic heterocycles. The Morgan fingerprint density at radius 2 is 1.50 bits per heavy atom. The van der Waals surface area contributed by atoms with Crippen LogP contribution >= 0.6 is 0 Å². The molecule has 1 amide bonds. The van der Waals surface area contributed by atoms with Crippen molar-refractivity contribution in [3.8, 4) is 11.1 Å². The van der Waals surface area contributed by atoms with Crippen LogP contribution in [0, 0.1) is 13.8 Å². The van der Waals surface area contributed by atoms with Crippen LogP contribution in [0.25, 0.3) is 11.1 Å². The summed E-state index contributed by atoms with van der Waals surface area (Å²) >= 11 is 0. The van der Waals surface area contributed by atoms with E-state index in [1.807, 2.05) is 62.4 Å². The number of benzene rings is 3. The fraction of sp³-hybridized carbons (Fsp3) is 0.136. The number of anilines is 1. The van der Waals surface area contributed by atoms with Gasteiger partial charge >= 0.3 is 0 Å². The van der Waals surface area contributed by atoms with Gasteiger partial charge in [0.1, 0.15) is 0 Å². The average Bonchev–Trinajstić information content (AvgIpc) is 2.59. The van der Waals surface area contributed by atoms with Crippen molar-refractivity contribution in [2.75, 3.05) is 5.32 Å². The molecule has 0 aliphatic rings. The Balaban J connectivity index is 1.67. The number of carbonyl (C=O) groups is 1. The van der Waals surface area contributed by atoms with Crippen molar-refractivity contribution >= 4 is 11.6 Å². The molecule has 0 bridgehead atoms. The van der Waals surface area contributed by atoms with Gasteiger partial charge in [-0.1, -0.05) is 66.7 Å². The molecule has 0 aliphatic heterocycles. The first kappa shape index (κ1) is 16.0. The van der Waals surface area contributed by atoms with E-state index < -0.39 is 0 Å². The largest absolute Gasteiger partial charge is 0.326 e. The van der Waals surface area contributed by atoms with Crippen LogP contribution in [-0.4, -0.2) is 5.91 Å². The third-order valence-corrected chi connectivity index (χ3v) is 4.09. The molecule has 3 aromatic carbocycles. The third-order valence-electron chi connectivity index (χ3n) is 4.09. The summed E-state index contributed by atoms with van der Waals surface area (Å²) in [5, 5.41) is 3.01. The highest BCUT2D eigenvalue weighted by atomic mass is 16.1. The monoisotopic (exact) mass is 315 g/mol. The van der Waals surface area contributed by atoms with Crippen LogP contribution in [0.1, 0.15) is 16.7 Å². The van der Waals surface area contributed by atoms with E-state index in [1.54, 1.807) is 0 Å². The number of rotatable bonds is 4. The maximum atomic E-state index is 12.3. The molecule has 0 aliphatic carbocycles. The lowest BCUT2D eigenvalue weighted by Crippen LogP contribution is -2.15. The van der Waals surface area contributed by atoms with Gasteiger partial charge in [0.2, 0.25) is 5.91 Å². The van der Waals surface area contributed by atoms with Gasteiger partial charge in [-0.25, -0.2) is 0 Å². The molecule has 3 rings (SSSR count). The van der Waals surface area contributed by atoms with Crippen molar-refractivity contribution in [1.29, 1.82) is 0 Å². The minimum absolute atomic E-state index is 0.0103. The van der Waals surface area contributed by atoms with Crippen LogP contribution in [0.15, 0.2) is 72.8 Å². The molecule has 0 unspecified atom stereocenters. The van der Waals surface area contributed by atoms with Gasteiger partial charge in [0, 0.05) is 5.69 Å². The molecule has 2 heteroatoms. The van der Waals surface area contributed by atoms with Crippen molar-refractivity contribution < 1.29 is 4.79 Å². The molecule has 0 saturated carbocycles. The lowest BCUT2D eigenvalue weighted by atomic mass is 10.0. The van der Waals surface area contributed by atoms with E-state index in [0.717, 1.165) is 27.9 Å². The van der Waals surface area contributed by atoms with Crippen molar-refractivity contribution in [2.24, 2.45) is 0 Å². The highest BCUT2D eigenvalue weighted by Gasteiger charge is 2.07. The Bertz CT molecular complexity index is 836. The summed E-state index contributed by atoms with van der Waals surface area (Å²) in [4.78, 5) is 12.3. The maximum Gasteiger partial charge on any atom is 0.228 e. The van der Waals surface area contributed by atoms with Gasteiger partial charge in [0.05, 0.1) is 6.42 Å². The number of aryl methyl sites for hydroxylation is 2. The predicted octanol–water partition coefficient (Wildman–Crippen LogP) is 5.15. The quantitative estimate of drug-likeness (QED) is 0.708. The van der Waals surface area contributed by atoms with Crippen molar-refractivity contribution in [3.05, 3.63) is 89.5 Å². The SMILES string of the molecule is Cc1ccc(C)c(NC(=O)Cc2ccc(-c3ccccc3)cc2)c1. The molecular formula is C22H21NO. The highest BCUT2D eigenvalue weighted by Crippen LogP contribution is 2.20. The van der Waals surface area contributed by atoms with Gasteiger partial charge in [-0.15, -0.1) is 0 Å². The van der Waals surface area contributed by atoms with Crippen molar-refractivity contribution in [2.45, 2.75) is 20.3 Å². The molecule has 0 atom stereocenters. The molecular weight excluding hydrogens is 294 g/mol. The van der Waals surface area contributed by atoms with Gasteiger partial charge in [0.25, 0.3) is 0 Å². The molecule has 24 heavy (non-hydrogen) atoms. The first-order chi connectivity index (χ1) is 11.6. The van der Waals surface area contributed by atoms with Gasteiger partial charge in [-0.3, -0.25) is 4.79 Å². The summed E-state index contributed by atoms with van der Waals surface area (Å²) < 4.78 is 0. The van der Waals surface area contributed by atoms with E-state index in [0.29, 0.717) is 6.42 Å². The Kier molecular flexibility index (Phi) is 4.76. The minimum atomic E-state index is 0.0103. The van der Waals surface area contributed by atoms with Gasteiger partial charge in [-0.05, 0) is 47.7 Å². The Hall–Kier alpha value is -2.87. The second-order valence-corrected chi connectivity index (χ2v) is 6.11. The van der Waals surface area contributed by atoms with Gasteiger partial charge in [0.15, 0.2) is 0 Å². The van der Waals surface area contributed by atoms with E-state index in [1.165, 1.54) is 5.56 Å². The van der Waals surface area contributed by atoms with Crippen LogP contribution in [0.5, 0.6) is 0 Å². The minimum Gasteiger partial charge on any atom is -0.326 e.